The number of hydrogen-bond acceptors (Lipinski definition) is 4. The molecule has 2 amide bonds. The van der Waals surface area contributed by atoms with Crippen molar-refractivity contribution < 1.29 is 34.0 Å². The molecule has 1 saturated carbocycles. The van der Waals surface area contributed by atoms with E-state index in [1.165, 1.54) is 28.2 Å². The Bertz CT molecular complexity index is 515. The zero-order valence-corrected chi connectivity index (χ0v) is 15.0. The van der Waals surface area contributed by atoms with E-state index in [4.69, 9.17) is 0 Å². The van der Waals surface area contributed by atoms with Gasteiger partial charge in [-0.1, -0.05) is 0 Å². The Morgan fingerprint density at radius 1 is 1.50 bits per heavy atom. The molecule has 2 aliphatic rings. The van der Waals surface area contributed by atoms with Gasteiger partial charge >= 0.3 is 134 Å². The minimum atomic E-state index is -0.298. The topological polar surface area (TPSA) is 57.6 Å². The van der Waals surface area contributed by atoms with Crippen LogP contribution in [-0.4, -0.2) is 37.3 Å². The zero-order chi connectivity index (χ0) is 14.9. The van der Waals surface area contributed by atoms with Crippen LogP contribution in [0, 0.1) is 5.92 Å². The van der Waals surface area contributed by atoms with Crippen molar-refractivity contribution in [3.8, 4) is 0 Å². The molecule has 2 rings (SSSR count). The van der Waals surface area contributed by atoms with Gasteiger partial charge in [-0.15, -0.1) is 0 Å². The third-order valence-corrected chi connectivity index (χ3v) is 6.94. The standard InChI is InChI=1S/C14H17NO3S.W/c1-9(16)7-10-5-3-4-6-11(8-10)12-13(17)15(2)14(18)19-12;/h7,11-12,16H,1,3-6H2,2H3;/b10-7-;. The van der Waals surface area contributed by atoms with Crippen LogP contribution >= 0.6 is 11.8 Å². The molecular weight excluding hydrogens is 446 g/mol. The van der Waals surface area contributed by atoms with Crippen molar-refractivity contribution in [1.29, 1.82) is 0 Å². The maximum atomic E-state index is 12.2. The van der Waals surface area contributed by atoms with Gasteiger partial charge in [-0.2, -0.15) is 0 Å². The second-order valence-electron chi connectivity index (χ2n) is 5.08. The predicted molar refractivity (Wildman–Crippen MR) is 76.4 cm³/mol. The third kappa shape index (κ3) is 3.14. The molecule has 0 bridgehead atoms. The number of thioether (sulfide) groups is 1. The molecule has 2 unspecified atom stereocenters. The number of aliphatic hydroxyl groups is 1. The first-order valence-electron chi connectivity index (χ1n) is 6.52. The zero-order valence-electron chi connectivity index (χ0n) is 11.3. The fourth-order valence-electron chi connectivity index (χ4n) is 2.58. The Kier molecular flexibility index (Phi) is 5.03. The fourth-order valence-corrected chi connectivity index (χ4v) is 5.57. The fraction of sp³-hybridized carbons (Fsp3) is 0.500. The molecule has 1 heterocycles. The van der Waals surface area contributed by atoms with Crippen LogP contribution in [0.25, 0.3) is 0 Å². The summed E-state index contributed by atoms with van der Waals surface area (Å²) in [5.74, 6) is 0.0651. The first-order chi connectivity index (χ1) is 9.41. The molecule has 2 atom stereocenters. The molecule has 1 saturated heterocycles. The second kappa shape index (κ2) is 6.40. The first kappa shape index (κ1) is 15.7. The number of carbonyl (C=O) groups excluding carboxylic acids is 2. The van der Waals surface area contributed by atoms with E-state index in [0.29, 0.717) is 0 Å². The van der Waals surface area contributed by atoms with Crippen molar-refractivity contribution >= 4 is 26.8 Å². The van der Waals surface area contributed by atoms with Crippen LogP contribution in [0.4, 0.5) is 4.79 Å². The van der Waals surface area contributed by atoms with Gasteiger partial charge in [0.25, 0.3) is 0 Å². The molecule has 1 aliphatic heterocycles. The molecule has 20 heavy (non-hydrogen) atoms. The van der Waals surface area contributed by atoms with E-state index in [0.717, 1.165) is 43.0 Å². The van der Waals surface area contributed by atoms with Crippen molar-refractivity contribution in [2.24, 2.45) is 5.92 Å². The number of rotatable bonds is 2. The van der Waals surface area contributed by atoms with Crippen molar-refractivity contribution in [3.05, 3.63) is 24.0 Å². The summed E-state index contributed by atoms with van der Waals surface area (Å²) < 4.78 is 1.19. The molecule has 6 heteroatoms. The predicted octanol–water partition coefficient (Wildman–Crippen LogP) is 2.59. The Hall–Kier alpha value is -0.672. The van der Waals surface area contributed by atoms with Crippen molar-refractivity contribution in [3.63, 3.8) is 0 Å². The van der Waals surface area contributed by atoms with Crippen LogP contribution in [0.2, 0.25) is 0 Å². The number of carbonyl (C=O) groups is 2. The van der Waals surface area contributed by atoms with E-state index in [-0.39, 0.29) is 28.1 Å². The van der Waals surface area contributed by atoms with E-state index < -0.39 is 0 Å². The van der Waals surface area contributed by atoms with Crippen LogP contribution < -0.4 is 0 Å². The minimum absolute atomic E-state index is 0.0537. The monoisotopic (exact) mass is 463 g/mol. The van der Waals surface area contributed by atoms with Gasteiger partial charge in [0.1, 0.15) is 0 Å². The van der Waals surface area contributed by atoms with Gasteiger partial charge in [0.15, 0.2) is 0 Å². The van der Waals surface area contributed by atoms with Gasteiger partial charge in [-0.25, -0.2) is 0 Å². The van der Waals surface area contributed by atoms with Gasteiger partial charge < -0.3 is 0 Å². The van der Waals surface area contributed by atoms with E-state index in [9.17, 15) is 14.7 Å². The molecule has 4 nitrogen and oxygen atoms in total. The SMILES string of the molecule is C=C(O)/C=C1/CCCCC(C2SC(=O)N(C)C2=O)[C]1=[W]. The second-order valence-corrected chi connectivity index (χ2v) is 7.75. The van der Waals surface area contributed by atoms with Gasteiger partial charge in [0.05, 0.1) is 0 Å². The first-order valence-corrected chi connectivity index (χ1v) is 8.87. The van der Waals surface area contributed by atoms with E-state index in [1.807, 2.05) is 0 Å². The van der Waals surface area contributed by atoms with Gasteiger partial charge in [-0.05, 0) is 0 Å². The van der Waals surface area contributed by atoms with Crippen molar-refractivity contribution in [2.75, 3.05) is 7.05 Å². The molecule has 0 aromatic heterocycles. The Morgan fingerprint density at radius 3 is 2.75 bits per heavy atom. The molecular formula is C14H17NO3SW. The number of nitrogens with zero attached hydrogens (tertiary/aromatic N) is 1. The average Bonchev–Trinajstić information content (AvgIpc) is 2.55. The van der Waals surface area contributed by atoms with Crippen molar-refractivity contribution in [1.82, 2.24) is 4.90 Å². The van der Waals surface area contributed by atoms with Gasteiger partial charge in [-0.3, -0.25) is 0 Å². The maximum absolute atomic E-state index is 12.2. The molecule has 108 valence electrons. The Morgan fingerprint density at radius 2 is 2.20 bits per heavy atom. The average molecular weight is 463 g/mol. The summed E-state index contributed by atoms with van der Waals surface area (Å²) in [6, 6.07) is 0. The number of hydrogen-bond donors (Lipinski definition) is 1. The molecule has 2 fully saturated rings. The van der Waals surface area contributed by atoms with Crippen LogP contribution in [0.1, 0.15) is 25.7 Å². The van der Waals surface area contributed by atoms with Gasteiger partial charge in [0, 0.05) is 0 Å². The Labute approximate surface area is 133 Å². The number of allylic oxidation sites excluding steroid dienone is 2. The molecule has 0 spiro atoms. The summed E-state index contributed by atoms with van der Waals surface area (Å²) in [5, 5.41) is 8.93. The quantitative estimate of drug-likeness (QED) is 0.506. The van der Waals surface area contributed by atoms with Crippen LogP contribution in [0.5, 0.6) is 0 Å². The van der Waals surface area contributed by atoms with Gasteiger partial charge in [0.2, 0.25) is 0 Å². The number of amides is 2. The molecule has 0 aromatic carbocycles. The van der Waals surface area contributed by atoms with E-state index in [1.54, 1.807) is 13.1 Å². The summed E-state index contributed by atoms with van der Waals surface area (Å²) in [6.07, 6.45) is 5.62. The molecule has 1 aliphatic carbocycles. The molecule has 0 aromatic rings. The molecule has 0 radical (unpaired) electrons. The van der Waals surface area contributed by atoms with E-state index in [2.05, 4.69) is 6.58 Å². The number of aliphatic hydroxyl groups excluding tert-OH is 1. The van der Waals surface area contributed by atoms with Crippen LogP contribution in [0.15, 0.2) is 24.0 Å². The van der Waals surface area contributed by atoms with Crippen LogP contribution in [0.3, 0.4) is 0 Å². The summed E-state index contributed by atoms with van der Waals surface area (Å²) in [4.78, 5) is 25.1. The summed E-state index contributed by atoms with van der Waals surface area (Å²) >= 11 is 2.44. The summed E-state index contributed by atoms with van der Waals surface area (Å²) in [5.41, 5.74) is 1.09. The summed E-state index contributed by atoms with van der Waals surface area (Å²) in [6.45, 7) is 3.52. The molecule has 1 N–H and O–H groups in total. The third-order valence-electron chi connectivity index (χ3n) is 3.65. The van der Waals surface area contributed by atoms with Crippen LogP contribution in [-0.2, 0) is 24.1 Å². The summed E-state index contributed by atoms with van der Waals surface area (Å²) in [7, 11) is 1.54. The normalized spacial score (nSPS) is 29.9. The Balaban J connectivity index is 2.26. The number of imide groups is 1. The van der Waals surface area contributed by atoms with Crippen molar-refractivity contribution in [2.45, 2.75) is 30.9 Å². The van der Waals surface area contributed by atoms with E-state index >= 15 is 0 Å².